The molecule has 3 heterocycles. The van der Waals surface area contributed by atoms with Gasteiger partial charge in [-0.25, -0.2) is 14.5 Å². The van der Waals surface area contributed by atoms with Crippen molar-refractivity contribution >= 4 is 17.7 Å². The Labute approximate surface area is 202 Å². The summed E-state index contributed by atoms with van der Waals surface area (Å²) in [5.74, 6) is -0.835. The predicted molar refractivity (Wildman–Crippen MR) is 115 cm³/mol. The lowest BCUT2D eigenvalue weighted by Gasteiger charge is -2.70. The van der Waals surface area contributed by atoms with Gasteiger partial charge in [-0.3, -0.25) is 0 Å². The van der Waals surface area contributed by atoms with Gasteiger partial charge in [0.15, 0.2) is 0 Å². The summed E-state index contributed by atoms with van der Waals surface area (Å²) in [7, 11) is 0. The number of carbonyl (C=O) groups is 1. The molecule has 6 rings (SSSR count). The molecule has 14 heteroatoms. The van der Waals surface area contributed by atoms with Crippen LogP contribution in [-0.4, -0.2) is 57.7 Å². The van der Waals surface area contributed by atoms with E-state index in [1.54, 1.807) is 18.7 Å². The zero-order valence-corrected chi connectivity index (χ0v) is 19.6. The number of ether oxygens (including phenoxy) is 2. The van der Waals surface area contributed by atoms with Crippen LogP contribution >= 0.6 is 0 Å². The highest BCUT2D eigenvalue weighted by Gasteiger charge is 2.79. The van der Waals surface area contributed by atoms with Crippen LogP contribution in [0.5, 0.6) is 0 Å². The number of alkyl halides is 5. The highest BCUT2D eigenvalue weighted by molar-refractivity contribution is 5.96. The molecule has 36 heavy (non-hydrogen) atoms. The molecule has 2 N–H and O–H groups in total. The maximum Gasteiger partial charge on any atom is 0.394 e. The van der Waals surface area contributed by atoms with E-state index in [1.165, 1.54) is 12.4 Å². The first-order chi connectivity index (χ1) is 16.9. The number of halogens is 5. The topological polar surface area (TPSA) is 108 Å². The third-order valence-electron chi connectivity index (χ3n) is 7.28. The smallest absolute Gasteiger partial charge is 0.394 e. The predicted octanol–water partition coefficient (Wildman–Crippen LogP) is 3.78. The first kappa shape index (κ1) is 24.7. The Hall–Kier alpha value is -3.03. The van der Waals surface area contributed by atoms with Gasteiger partial charge in [-0.1, -0.05) is 0 Å². The largest absolute Gasteiger partial charge is 0.462 e. The van der Waals surface area contributed by atoms with Crippen LogP contribution in [0.2, 0.25) is 0 Å². The minimum Gasteiger partial charge on any atom is -0.462 e. The number of hydrogen-bond donors (Lipinski definition) is 1. The summed E-state index contributed by atoms with van der Waals surface area (Å²) in [4.78, 5) is 23.3. The fourth-order valence-electron chi connectivity index (χ4n) is 5.66. The van der Waals surface area contributed by atoms with Gasteiger partial charge in [0, 0.05) is 23.7 Å². The van der Waals surface area contributed by atoms with Gasteiger partial charge in [-0.05, 0) is 33.1 Å². The zero-order valence-electron chi connectivity index (χ0n) is 19.6. The van der Waals surface area contributed by atoms with Gasteiger partial charge in [-0.15, -0.1) is 0 Å². The number of anilines is 2. The van der Waals surface area contributed by atoms with Crippen LogP contribution < -0.4 is 10.6 Å². The summed E-state index contributed by atoms with van der Waals surface area (Å²) in [5, 5.41) is 3.65. The summed E-state index contributed by atoms with van der Waals surface area (Å²) in [6.07, 6.45) is -3.40. The minimum atomic E-state index is -4.34. The second-order valence-electron chi connectivity index (χ2n) is 9.81. The Morgan fingerprint density at radius 3 is 2.56 bits per heavy atom. The number of aromatic nitrogens is 4. The van der Waals surface area contributed by atoms with E-state index in [0.717, 1.165) is 0 Å². The molecule has 0 unspecified atom stereocenters. The Morgan fingerprint density at radius 2 is 1.97 bits per heavy atom. The van der Waals surface area contributed by atoms with Crippen LogP contribution in [0.3, 0.4) is 0 Å². The molecule has 2 aromatic heterocycles. The molecule has 0 amide bonds. The fraction of sp³-hybridized carbons (Fsp3) is 0.636. The summed E-state index contributed by atoms with van der Waals surface area (Å²) < 4.78 is 78.0. The van der Waals surface area contributed by atoms with Crippen molar-refractivity contribution in [2.24, 2.45) is 5.41 Å². The summed E-state index contributed by atoms with van der Waals surface area (Å²) in [5.41, 5.74) is 3.95. The molecule has 4 fully saturated rings. The van der Waals surface area contributed by atoms with Crippen LogP contribution in [0, 0.1) is 5.41 Å². The molecule has 9 nitrogen and oxygen atoms in total. The fourth-order valence-corrected chi connectivity index (χ4v) is 5.66. The molecular weight excluding hydrogens is 491 g/mol. The lowest BCUT2D eigenvalue weighted by Crippen LogP contribution is -2.71. The molecule has 4 aliphatic rings. The molecule has 1 aliphatic heterocycles. The van der Waals surface area contributed by atoms with E-state index in [4.69, 9.17) is 15.2 Å². The van der Waals surface area contributed by atoms with E-state index in [0.29, 0.717) is 16.8 Å². The Morgan fingerprint density at radius 1 is 1.28 bits per heavy atom. The van der Waals surface area contributed by atoms with Crippen LogP contribution in [-0.2, 0) is 14.9 Å². The van der Waals surface area contributed by atoms with Gasteiger partial charge in [0.1, 0.15) is 17.5 Å². The number of nitrogens with zero attached hydrogens (tertiary/aromatic N) is 5. The first-order valence-electron chi connectivity index (χ1n) is 11.5. The maximum atomic E-state index is 13.5. The molecule has 1 saturated heterocycles. The van der Waals surface area contributed by atoms with E-state index in [-0.39, 0.29) is 61.5 Å². The number of nitrogens with two attached hydrogens (primary N) is 1. The summed E-state index contributed by atoms with van der Waals surface area (Å²) in [6, 6.07) is 0. The molecule has 2 bridgehead atoms. The molecule has 0 spiro atoms. The standard InChI is InChI=1S/C22H25F5N6O3/c1-3-35-17(34)14-15(20-8-21(9-20,10-20)22(25,26)27)30-19(31-16(14)28)32-5-11(2)36-13(7-32)12-4-29-33(6-12)18(23)24/h4,6,11,13,18H,3,5,7-10H2,1-2H3,(H2,28,30,31)/t11-,13-,20?,21?/m1/s1. The van der Waals surface area contributed by atoms with Gasteiger partial charge in [0.25, 0.3) is 0 Å². The van der Waals surface area contributed by atoms with Crippen LogP contribution in [0.15, 0.2) is 12.4 Å². The normalized spacial score (nSPS) is 29.6. The number of carbonyl (C=O) groups excluding carboxylic acids is 1. The van der Waals surface area contributed by atoms with E-state index in [9.17, 15) is 26.7 Å². The van der Waals surface area contributed by atoms with Crippen LogP contribution in [0.25, 0.3) is 0 Å². The highest BCUT2D eigenvalue weighted by Crippen LogP contribution is 2.78. The maximum absolute atomic E-state index is 13.5. The monoisotopic (exact) mass is 516 g/mol. The van der Waals surface area contributed by atoms with Crippen molar-refractivity contribution in [1.29, 1.82) is 0 Å². The van der Waals surface area contributed by atoms with Gasteiger partial charge in [-0.2, -0.15) is 32.0 Å². The summed E-state index contributed by atoms with van der Waals surface area (Å²) >= 11 is 0. The molecule has 2 atom stereocenters. The van der Waals surface area contributed by atoms with Gasteiger partial charge < -0.3 is 20.1 Å². The number of rotatable bonds is 6. The molecule has 0 radical (unpaired) electrons. The van der Waals surface area contributed by atoms with Crippen molar-refractivity contribution in [2.75, 3.05) is 30.3 Å². The number of esters is 1. The van der Waals surface area contributed by atoms with Crippen molar-refractivity contribution in [2.45, 2.75) is 63.5 Å². The third-order valence-corrected chi connectivity index (χ3v) is 7.28. The Bertz CT molecular complexity index is 1170. The van der Waals surface area contributed by atoms with E-state index in [1.807, 2.05) is 0 Å². The van der Waals surface area contributed by atoms with Crippen LogP contribution in [0.4, 0.5) is 33.7 Å². The van der Waals surface area contributed by atoms with Crippen molar-refractivity contribution in [3.63, 3.8) is 0 Å². The average Bonchev–Trinajstić information content (AvgIpc) is 3.21. The Kier molecular flexibility index (Phi) is 5.65. The molecule has 196 valence electrons. The number of morpholine rings is 1. The quantitative estimate of drug-likeness (QED) is 0.457. The third kappa shape index (κ3) is 3.76. The molecule has 0 aromatic carbocycles. The van der Waals surface area contributed by atoms with Gasteiger partial charge >= 0.3 is 18.7 Å². The van der Waals surface area contributed by atoms with Crippen molar-refractivity contribution in [1.82, 2.24) is 19.7 Å². The summed E-state index contributed by atoms with van der Waals surface area (Å²) in [6.45, 7) is 1.11. The van der Waals surface area contributed by atoms with Gasteiger partial charge in [0.2, 0.25) is 5.95 Å². The zero-order chi connectivity index (χ0) is 26.0. The van der Waals surface area contributed by atoms with Crippen molar-refractivity contribution in [3.05, 3.63) is 29.2 Å². The van der Waals surface area contributed by atoms with E-state index in [2.05, 4.69) is 15.1 Å². The lowest BCUT2D eigenvalue weighted by atomic mass is 9.33. The SMILES string of the molecule is CCOC(=O)c1c(N)nc(N2C[C@@H](C)O[C@@H](c3cnn(C(F)F)c3)C2)nc1C12CC(C(F)(F)F)(C1)C2. The van der Waals surface area contributed by atoms with E-state index < -0.39 is 35.6 Å². The molecule has 3 aliphatic carbocycles. The van der Waals surface area contributed by atoms with E-state index >= 15 is 0 Å². The first-order valence-corrected chi connectivity index (χ1v) is 11.5. The molecule has 3 saturated carbocycles. The molecular formula is C22H25F5N6O3. The van der Waals surface area contributed by atoms with Crippen molar-refractivity contribution < 1.29 is 36.2 Å². The van der Waals surface area contributed by atoms with Crippen molar-refractivity contribution in [3.8, 4) is 0 Å². The average molecular weight is 516 g/mol. The minimum absolute atomic E-state index is 0.0495. The second kappa shape index (κ2) is 8.25. The highest BCUT2D eigenvalue weighted by atomic mass is 19.4. The molecule has 2 aromatic rings. The Balaban J connectivity index is 1.48. The van der Waals surface area contributed by atoms with Crippen LogP contribution in [0.1, 0.15) is 67.4 Å². The number of hydrogen-bond acceptors (Lipinski definition) is 8. The van der Waals surface area contributed by atoms with Gasteiger partial charge in [0.05, 0.1) is 36.6 Å². The number of nitrogen functional groups attached to an aromatic ring is 1. The lowest BCUT2D eigenvalue weighted by molar-refractivity contribution is -0.337. The second-order valence-corrected chi connectivity index (χ2v) is 9.81.